The van der Waals surface area contributed by atoms with Gasteiger partial charge in [0.1, 0.15) is 30.3 Å². The number of aliphatic hydroxyl groups excluding tert-OH is 1. The van der Waals surface area contributed by atoms with Crippen LogP contribution in [-0.2, 0) is 25.1 Å². The predicted molar refractivity (Wildman–Crippen MR) is 160 cm³/mol. The molecule has 4 aliphatic rings. The normalized spacial score (nSPS) is 27.8. The molecule has 7 rings (SSSR count). The lowest BCUT2D eigenvalue weighted by Gasteiger charge is -2.28. The molecule has 3 aromatic rings. The predicted octanol–water partition coefficient (Wildman–Crippen LogP) is 3.12. The molecule has 4 heterocycles. The Morgan fingerprint density at radius 3 is 2.74 bits per heavy atom. The van der Waals surface area contributed by atoms with Gasteiger partial charge in [0.2, 0.25) is 0 Å². The average Bonchev–Trinajstić information content (AvgIpc) is 3.32. The van der Waals surface area contributed by atoms with Gasteiger partial charge in [0.15, 0.2) is 30.0 Å². The van der Waals surface area contributed by atoms with Gasteiger partial charge in [-0.3, -0.25) is 5.32 Å². The van der Waals surface area contributed by atoms with Crippen LogP contribution in [0.3, 0.4) is 0 Å². The van der Waals surface area contributed by atoms with Gasteiger partial charge in [-0.2, -0.15) is 8.78 Å². The van der Waals surface area contributed by atoms with E-state index in [1.807, 2.05) is 43.3 Å². The van der Waals surface area contributed by atoms with Crippen molar-refractivity contribution in [3.05, 3.63) is 83.2 Å². The molecule has 2 aromatic carbocycles. The molecule has 5 N–H and O–H groups in total. The summed E-state index contributed by atoms with van der Waals surface area (Å²) in [5.74, 6) is -1.73. The van der Waals surface area contributed by atoms with Gasteiger partial charge in [-0.15, -0.1) is 0 Å². The molecule has 1 aliphatic carbocycles. The number of anilines is 3. The number of aliphatic hydroxyl groups is 1. The minimum Gasteiger partial charge on any atom is -0.478 e. The van der Waals surface area contributed by atoms with E-state index in [0.717, 1.165) is 23.3 Å². The fourth-order valence-corrected chi connectivity index (χ4v) is 6.06. The smallest absolute Gasteiger partial charge is 0.384 e. The Morgan fingerprint density at radius 1 is 1.20 bits per heavy atom. The van der Waals surface area contributed by atoms with Crippen molar-refractivity contribution in [1.29, 1.82) is 0 Å². The van der Waals surface area contributed by atoms with E-state index in [0.29, 0.717) is 30.3 Å². The van der Waals surface area contributed by atoms with Crippen molar-refractivity contribution in [3.8, 4) is 0 Å². The molecule has 3 fully saturated rings. The number of carbonyl (C=O) groups is 1. The van der Waals surface area contributed by atoms with Gasteiger partial charge in [0.25, 0.3) is 0 Å². The highest BCUT2D eigenvalue weighted by Crippen LogP contribution is 2.57. The third-order valence-corrected chi connectivity index (χ3v) is 8.27. The number of aromatic carboxylic acids is 1. The van der Waals surface area contributed by atoms with Crippen molar-refractivity contribution in [3.63, 3.8) is 0 Å². The third-order valence-electron chi connectivity index (χ3n) is 8.27. The van der Waals surface area contributed by atoms with Crippen molar-refractivity contribution in [2.75, 3.05) is 35.4 Å². The van der Waals surface area contributed by atoms with E-state index in [1.165, 1.54) is 18.5 Å². The van der Waals surface area contributed by atoms with Crippen LogP contribution in [0.2, 0.25) is 0 Å². The monoisotopic (exact) mass is 638 g/mol. The number of nitrogens with zero attached hydrogens (tertiary/aromatic N) is 3. The topological polar surface area (TPSA) is 160 Å². The number of aromatic nitrogens is 2. The van der Waals surface area contributed by atoms with E-state index in [2.05, 4.69) is 25.9 Å². The van der Waals surface area contributed by atoms with Gasteiger partial charge in [-0.1, -0.05) is 55.5 Å². The minimum atomic E-state index is -3.93. The molecule has 15 heteroatoms. The summed E-state index contributed by atoms with van der Waals surface area (Å²) in [7, 11) is 0. The van der Waals surface area contributed by atoms with Crippen LogP contribution >= 0.6 is 0 Å². The first-order valence-electron chi connectivity index (χ1n) is 14.8. The highest BCUT2D eigenvalue weighted by atomic mass is 19.3. The summed E-state index contributed by atoms with van der Waals surface area (Å²) in [6, 6.07) is 14.5. The van der Waals surface area contributed by atoms with Gasteiger partial charge in [-0.05, 0) is 29.8 Å². The van der Waals surface area contributed by atoms with Gasteiger partial charge in [-0.25, -0.2) is 14.8 Å². The Kier molecular flexibility index (Phi) is 7.83. The van der Waals surface area contributed by atoms with Crippen molar-refractivity contribution < 1.29 is 42.7 Å². The second-order valence-corrected chi connectivity index (χ2v) is 11.2. The van der Waals surface area contributed by atoms with E-state index < -0.39 is 66.5 Å². The van der Waals surface area contributed by atoms with Crippen LogP contribution in [0.4, 0.5) is 26.1 Å². The van der Waals surface area contributed by atoms with E-state index in [-0.39, 0.29) is 6.67 Å². The molecule has 1 saturated carbocycles. The molecule has 0 radical (unpaired) electrons. The zero-order valence-corrected chi connectivity index (χ0v) is 24.6. The summed E-state index contributed by atoms with van der Waals surface area (Å²) in [5, 5.41) is 28.6. The van der Waals surface area contributed by atoms with Gasteiger partial charge < -0.3 is 44.7 Å². The summed E-state index contributed by atoms with van der Waals surface area (Å²) in [5.41, 5.74) is 1.06. The second-order valence-electron chi connectivity index (χ2n) is 11.2. The van der Waals surface area contributed by atoms with Crippen LogP contribution in [0.15, 0.2) is 66.5 Å². The molecule has 242 valence electrons. The molecular formula is C31H32F2N6O7. The van der Waals surface area contributed by atoms with Crippen molar-refractivity contribution in [2.45, 2.75) is 56.1 Å². The van der Waals surface area contributed by atoms with Crippen molar-refractivity contribution >= 4 is 29.4 Å². The number of fused-ring (bicyclic) bond motifs is 2. The Hall–Kier alpha value is -4.25. The number of carboxylic acid groups (broad SMARTS) is 1. The van der Waals surface area contributed by atoms with E-state index in [4.69, 9.17) is 18.9 Å². The molecule has 1 spiro atoms. The molecule has 46 heavy (non-hydrogen) atoms. The summed E-state index contributed by atoms with van der Waals surface area (Å²) in [4.78, 5) is 22.1. The molecular weight excluding hydrogens is 606 g/mol. The molecule has 13 nitrogen and oxygen atoms in total. The summed E-state index contributed by atoms with van der Waals surface area (Å²) in [6.45, 7) is 1.97. The Labute approximate surface area is 262 Å². The first-order chi connectivity index (χ1) is 22.2. The number of rotatable bonds is 11. The largest absolute Gasteiger partial charge is 0.478 e. The molecule has 6 unspecified atom stereocenters. The molecule has 3 aliphatic heterocycles. The SMILES string of the molecule is CCNC(O)Nc1ncnc2c1NCN2C1OC(COC(F)(F)c2ccccc2C(=O)O)C2OC3(C/C3=C\c3ccccc3)OC21. The van der Waals surface area contributed by atoms with Gasteiger partial charge in [0.05, 0.1) is 24.4 Å². The van der Waals surface area contributed by atoms with Crippen molar-refractivity contribution in [1.82, 2.24) is 15.3 Å². The number of carboxylic acids is 1. The number of hydrogen-bond acceptors (Lipinski definition) is 12. The zero-order chi connectivity index (χ0) is 32.1. The van der Waals surface area contributed by atoms with Crippen LogP contribution < -0.4 is 20.9 Å². The van der Waals surface area contributed by atoms with Gasteiger partial charge >= 0.3 is 12.1 Å². The summed E-state index contributed by atoms with van der Waals surface area (Å²) >= 11 is 0. The van der Waals surface area contributed by atoms with E-state index in [9.17, 15) is 15.0 Å². The lowest BCUT2D eigenvalue weighted by atomic mass is 10.1. The molecule has 2 saturated heterocycles. The second kappa shape index (κ2) is 11.8. The Morgan fingerprint density at radius 2 is 1.96 bits per heavy atom. The summed E-state index contributed by atoms with van der Waals surface area (Å²) in [6.07, 6.45) is -4.53. The fraction of sp³-hybridized carbons (Fsp3) is 0.387. The van der Waals surface area contributed by atoms with Crippen LogP contribution in [0.1, 0.15) is 34.8 Å². The van der Waals surface area contributed by atoms with Crippen LogP contribution in [0, 0.1) is 0 Å². The maximum Gasteiger partial charge on any atom is 0.384 e. The highest BCUT2D eigenvalue weighted by Gasteiger charge is 2.67. The Bertz CT molecular complexity index is 1650. The lowest BCUT2D eigenvalue weighted by Crippen LogP contribution is -2.44. The number of ether oxygens (including phenoxy) is 4. The maximum absolute atomic E-state index is 15.3. The fourth-order valence-electron chi connectivity index (χ4n) is 6.06. The summed E-state index contributed by atoms with van der Waals surface area (Å²) < 4.78 is 55.1. The van der Waals surface area contributed by atoms with Crippen LogP contribution in [0.25, 0.3) is 6.08 Å². The molecule has 1 aromatic heterocycles. The number of benzene rings is 2. The van der Waals surface area contributed by atoms with Crippen LogP contribution in [-0.4, -0.2) is 82.6 Å². The average molecular weight is 639 g/mol. The van der Waals surface area contributed by atoms with Gasteiger partial charge in [0, 0.05) is 6.42 Å². The lowest BCUT2D eigenvalue weighted by molar-refractivity contribution is -0.266. The first kappa shape index (κ1) is 30.4. The Balaban J connectivity index is 1.15. The highest BCUT2D eigenvalue weighted by molar-refractivity contribution is 5.89. The van der Waals surface area contributed by atoms with E-state index >= 15 is 8.78 Å². The van der Waals surface area contributed by atoms with Crippen LogP contribution in [0.5, 0.6) is 0 Å². The minimum absolute atomic E-state index is 0.215. The molecule has 0 amide bonds. The third kappa shape index (κ3) is 5.55. The maximum atomic E-state index is 15.3. The number of alkyl halides is 2. The quantitative estimate of drug-likeness (QED) is 0.195. The van der Waals surface area contributed by atoms with E-state index in [1.54, 1.807) is 4.90 Å². The zero-order valence-electron chi connectivity index (χ0n) is 24.6. The molecule has 6 atom stereocenters. The first-order valence-corrected chi connectivity index (χ1v) is 14.8. The number of halogens is 2. The number of hydrogen-bond donors (Lipinski definition) is 5. The standard InChI is InChI=1S/C31H32F2N6O7/c1-2-34-29(42)38-25-22-26(36-15-35-25)39(16-37-22)27-24-23(45-30(46-24)13-18(30)12-17-8-4-3-5-9-17)21(44-27)14-43-31(32,33)20-11-7-6-10-19(20)28(40)41/h3-12,15,21,23-24,27,29,34,37,42H,2,13-14,16H2,1H3,(H,40,41)(H,35,36,38)/b18-12+. The van der Waals surface area contributed by atoms with Crippen molar-refractivity contribution in [2.24, 2.45) is 0 Å². The molecule has 0 bridgehead atoms. The number of nitrogens with one attached hydrogen (secondary N) is 3.